The van der Waals surface area contributed by atoms with Crippen molar-refractivity contribution >= 4 is 0 Å². The molecule has 0 aliphatic heterocycles. The summed E-state index contributed by atoms with van der Waals surface area (Å²) in [6, 6.07) is 11.2. The van der Waals surface area contributed by atoms with Crippen LogP contribution in [-0.4, -0.2) is 16.3 Å². The molecule has 1 N–H and O–H groups in total. The van der Waals surface area contributed by atoms with Crippen molar-refractivity contribution in [2.24, 2.45) is 0 Å². The Hall–Kier alpha value is -2.07. The lowest BCUT2D eigenvalue weighted by Crippen LogP contribution is -2.24. The summed E-state index contributed by atoms with van der Waals surface area (Å²) in [7, 11) is 0. The normalized spacial score (nSPS) is 10.6. The summed E-state index contributed by atoms with van der Waals surface area (Å²) in [5, 5.41) is 9.18. The number of pyridine rings is 1. The summed E-state index contributed by atoms with van der Waals surface area (Å²) in [6.07, 6.45) is 0. The van der Waals surface area contributed by atoms with E-state index < -0.39 is 0 Å². The molecule has 0 unspecified atom stereocenters. The van der Waals surface area contributed by atoms with Crippen molar-refractivity contribution in [2.75, 3.05) is 6.61 Å². The van der Waals surface area contributed by atoms with Crippen LogP contribution in [0.2, 0.25) is 0 Å². The summed E-state index contributed by atoms with van der Waals surface area (Å²) in [5.41, 5.74) is 2.03. The van der Waals surface area contributed by atoms with Gasteiger partial charge in [0.15, 0.2) is 0 Å². The van der Waals surface area contributed by atoms with Crippen molar-refractivity contribution in [2.45, 2.75) is 27.0 Å². The largest absolute Gasteiger partial charge is 0.494 e. The molecule has 1 aromatic carbocycles. The second kappa shape index (κ2) is 6.39. The van der Waals surface area contributed by atoms with E-state index in [0.717, 1.165) is 17.0 Å². The zero-order valence-electron chi connectivity index (χ0n) is 11.8. The van der Waals surface area contributed by atoms with Crippen LogP contribution < -0.4 is 10.3 Å². The van der Waals surface area contributed by atoms with Crippen LogP contribution >= 0.6 is 0 Å². The van der Waals surface area contributed by atoms with Gasteiger partial charge in [-0.15, -0.1) is 0 Å². The highest BCUT2D eigenvalue weighted by Crippen LogP contribution is 2.23. The topological polar surface area (TPSA) is 51.5 Å². The molecule has 0 amide bonds. The minimum Gasteiger partial charge on any atom is -0.494 e. The summed E-state index contributed by atoms with van der Waals surface area (Å²) < 4.78 is 7.15. The van der Waals surface area contributed by atoms with Gasteiger partial charge in [-0.1, -0.05) is 12.1 Å². The first-order valence-electron chi connectivity index (χ1n) is 6.78. The van der Waals surface area contributed by atoms with E-state index in [4.69, 9.17) is 4.74 Å². The molecule has 0 saturated carbocycles. The lowest BCUT2D eigenvalue weighted by molar-refractivity contribution is 0.279. The van der Waals surface area contributed by atoms with E-state index in [1.807, 2.05) is 44.2 Å². The van der Waals surface area contributed by atoms with Gasteiger partial charge in [0.2, 0.25) is 0 Å². The van der Waals surface area contributed by atoms with Crippen LogP contribution in [0.4, 0.5) is 0 Å². The number of hydrogen-bond acceptors (Lipinski definition) is 3. The number of ether oxygens (including phenoxy) is 1. The quantitative estimate of drug-likeness (QED) is 0.910. The highest BCUT2D eigenvalue weighted by Gasteiger charge is 2.09. The first-order valence-corrected chi connectivity index (χ1v) is 6.78. The number of hydrogen-bond donors (Lipinski definition) is 1. The molecule has 4 nitrogen and oxygen atoms in total. The van der Waals surface area contributed by atoms with Crippen molar-refractivity contribution in [3.05, 3.63) is 52.3 Å². The second-order valence-electron chi connectivity index (χ2n) is 4.41. The van der Waals surface area contributed by atoms with Crippen LogP contribution in [0.3, 0.4) is 0 Å². The van der Waals surface area contributed by atoms with Crippen LogP contribution in [0, 0.1) is 0 Å². The summed E-state index contributed by atoms with van der Waals surface area (Å²) >= 11 is 0. The van der Waals surface area contributed by atoms with E-state index in [2.05, 4.69) is 0 Å². The van der Waals surface area contributed by atoms with Gasteiger partial charge >= 0.3 is 0 Å². The molecule has 0 fully saturated rings. The van der Waals surface area contributed by atoms with E-state index in [-0.39, 0.29) is 12.2 Å². The van der Waals surface area contributed by atoms with Crippen LogP contribution in [0.1, 0.15) is 19.4 Å². The fourth-order valence-electron chi connectivity index (χ4n) is 2.22. The fourth-order valence-corrected chi connectivity index (χ4v) is 2.22. The zero-order valence-corrected chi connectivity index (χ0v) is 11.8. The molecule has 0 radical (unpaired) electrons. The van der Waals surface area contributed by atoms with Gasteiger partial charge in [0.25, 0.3) is 5.56 Å². The molecule has 0 saturated heterocycles. The maximum absolute atomic E-state index is 12.2. The van der Waals surface area contributed by atoms with Crippen molar-refractivity contribution in [3.8, 4) is 17.0 Å². The Balaban J connectivity index is 2.55. The lowest BCUT2D eigenvalue weighted by atomic mass is 10.1. The van der Waals surface area contributed by atoms with Crippen LogP contribution in [-0.2, 0) is 13.2 Å². The van der Waals surface area contributed by atoms with Gasteiger partial charge in [0, 0.05) is 17.7 Å². The number of benzene rings is 1. The van der Waals surface area contributed by atoms with Gasteiger partial charge < -0.3 is 14.4 Å². The summed E-state index contributed by atoms with van der Waals surface area (Å²) in [5.74, 6) is 0.784. The standard InChI is InChI=1S/C16H19NO3/c1-3-17-15(9-8-13(11-18)16(17)19)12-6-5-7-14(10-12)20-4-2/h5-10,18H,3-4,11H2,1-2H3. The van der Waals surface area contributed by atoms with E-state index in [1.165, 1.54) is 0 Å². The molecule has 2 rings (SSSR count). The molecular weight excluding hydrogens is 254 g/mol. The minimum absolute atomic E-state index is 0.144. The molecule has 1 aromatic heterocycles. The number of nitrogens with zero attached hydrogens (tertiary/aromatic N) is 1. The smallest absolute Gasteiger partial charge is 0.256 e. The van der Waals surface area contributed by atoms with E-state index in [9.17, 15) is 9.90 Å². The van der Waals surface area contributed by atoms with Crippen molar-refractivity contribution in [3.63, 3.8) is 0 Å². The van der Waals surface area contributed by atoms with Gasteiger partial charge in [-0.05, 0) is 38.1 Å². The first kappa shape index (κ1) is 14.3. The van der Waals surface area contributed by atoms with Crippen molar-refractivity contribution in [1.29, 1.82) is 0 Å². The average Bonchev–Trinajstić information content (AvgIpc) is 2.47. The third-order valence-corrected chi connectivity index (χ3v) is 3.18. The Labute approximate surface area is 118 Å². The van der Waals surface area contributed by atoms with Crippen LogP contribution in [0.15, 0.2) is 41.2 Å². The predicted molar refractivity (Wildman–Crippen MR) is 78.9 cm³/mol. The fraction of sp³-hybridized carbons (Fsp3) is 0.312. The van der Waals surface area contributed by atoms with Gasteiger partial charge in [-0.2, -0.15) is 0 Å². The predicted octanol–water partition coefficient (Wildman–Crippen LogP) is 2.43. The molecular formula is C16H19NO3. The highest BCUT2D eigenvalue weighted by atomic mass is 16.5. The zero-order chi connectivity index (χ0) is 14.5. The average molecular weight is 273 g/mol. The second-order valence-corrected chi connectivity index (χ2v) is 4.41. The van der Waals surface area contributed by atoms with E-state index in [1.54, 1.807) is 10.6 Å². The van der Waals surface area contributed by atoms with E-state index >= 15 is 0 Å². The lowest BCUT2D eigenvalue weighted by Gasteiger charge is -2.13. The first-order chi connectivity index (χ1) is 9.71. The molecule has 20 heavy (non-hydrogen) atoms. The molecule has 0 aliphatic rings. The Kier molecular flexibility index (Phi) is 4.58. The molecule has 106 valence electrons. The third-order valence-electron chi connectivity index (χ3n) is 3.18. The molecule has 4 heteroatoms. The number of aliphatic hydroxyl groups excluding tert-OH is 1. The van der Waals surface area contributed by atoms with Crippen LogP contribution in [0.25, 0.3) is 11.3 Å². The highest BCUT2D eigenvalue weighted by molar-refractivity contribution is 5.62. The van der Waals surface area contributed by atoms with Gasteiger partial charge in [0.05, 0.1) is 18.9 Å². The minimum atomic E-state index is -0.238. The number of aromatic nitrogens is 1. The Morgan fingerprint density at radius 2 is 2.00 bits per heavy atom. The van der Waals surface area contributed by atoms with Crippen molar-refractivity contribution < 1.29 is 9.84 Å². The maximum Gasteiger partial charge on any atom is 0.256 e. The molecule has 0 bridgehead atoms. The van der Waals surface area contributed by atoms with Crippen molar-refractivity contribution in [1.82, 2.24) is 4.57 Å². The molecule has 0 spiro atoms. The van der Waals surface area contributed by atoms with Gasteiger partial charge in [-0.3, -0.25) is 4.79 Å². The summed E-state index contributed by atoms with van der Waals surface area (Å²) in [4.78, 5) is 12.2. The third kappa shape index (κ3) is 2.75. The SMILES string of the molecule is CCOc1cccc(-c2ccc(CO)c(=O)n2CC)c1. The Bertz CT molecular complexity index is 646. The molecule has 2 aromatic rings. The maximum atomic E-state index is 12.2. The van der Waals surface area contributed by atoms with E-state index in [0.29, 0.717) is 18.7 Å². The van der Waals surface area contributed by atoms with Crippen LogP contribution in [0.5, 0.6) is 5.75 Å². The van der Waals surface area contributed by atoms with Gasteiger partial charge in [-0.25, -0.2) is 0 Å². The monoisotopic (exact) mass is 273 g/mol. The Morgan fingerprint density at radius 1 is 1.20 bits per heavy atom. The molecule has 1 heterocycles. The molecule has 0 atom stereocenters. The van der Waals surface area contributed by atoms with Gasteiger partial charge in [0.1, 0.15) is 5.75 Å². The summed E-state index contributed by atoms with van der Waals surface area (Å²) in [6.45, 7) is 4.77. The number of aliphatic hydroxyl groups is 1. The molecule has 0 aliphatic carbocycles. The number of rotatable bonds is 5. The Morgan fingerprint density at radius 3 is 2.65 bits per heavy atom.